The van der Waals surface area contributed by atoms with Gasteiger partial charge < -0.3 is 10.4 Å². The maximum Gasteiger partial charge on any atom is 0.0743 e. The van der Waals surface area contributed by atoms with E-state index in [2.05, 4.69) is 12.2 Å². The molecule has 0 radical (unpaired) electrons. The van der Waals surface area contributed by atoms with Gasteiger partial charge in [-0.15, -0.1) is 0 Å². The molecule has 2 heteroatoms. The lowest BCUT2D eigenvalue weighted by atomic mass is 9.68. The Labute approximate surface area is 106 Å². The number of hydrogen-bond donors (Lipinski definition) is 2. The van der Waals surface area contributed by atoms with Crippen LogP contribution in [-0.2, 0) is 0 Å². The quantitative estimate of drug-likeness (QED) is 0.715. The molecule has 0 spiro atoms. The van der Waals surface area contributed by atoms with Crippen LogP contribution < -0.4 is 5.32 Å². The molecule has 2 N–H and O–H groups in total. The normalized spacial score (nSPS) is 25.4. The Balaban J connectivity index is 1.80. The maximum atomic E-state index is 10.2. The molecule has 1 unspecified atom stereocenters. The molecule has 0 bridgehead atoms. The highest BCUT2D eigenvalue weighted by atomic mass is 16.3. The molecule has 2 nitrogen and oxygen atoms in total. The summed E-state index contributed by atoms with van der Waals surface area (Å²) in [4.78, 5) is 0. The van der Waals surface area contributed by atoms with Crippen molar-refractivity contribution in [3.8, 4) is 0 Å². The molecule has 2 aliphatic carbocycles. The lowest BCUT2D eigenvalue weighted by Crippen LogP contribution is -2.51. The van der Waals surface area contributed by atoms with Gasteiger partial charge in [-0.3, -0.25) is 0 Å². The second kappa shape index (κ2) is 5.71. The summed E-state index contributed by atoms with van der Waals surface area (Å²) in [7, 11) is 0. The molecule has 2 fully saturated rings. The van der Waals surface area contributed by atoms with E-state index in [9.17, 15) is 5.11 Å². The Kier molecular flexibility index (Phi) is 4.48. The Hall–Kier alpha value is -0.0800. The minimum Gasteiger partial charge on any atom is -0.389 e. The van der Waals surface area contributed by atoms with Crippen molar-refractivity contribution in [1.29, 1.82) is 0 Å². The fourth-order valence-electron chi connectivity index (χ4n) is 3.28. The van der Waals surface area contributed by atoms with E-state index < -0.39 is 5.60 Å². The van der Waals surface area contributed by atoms with E-state index in [4.69, 9.17) is 0 Å². The third kappa shape index (κ3) is 3.45. The van der Waals surface area contributed by atoms with Gasteiger partial charge in [-0.05, 0) is 50.9 Å². The molecule has 100 valence electrons. The first-order chi connectivity index (χ1) is 8.12. The lowest BCUT2D eigenvalue weighted by Gasteiger charge is -2.44. The maximum absolute atomic E-state index is 10.2. The van der Waals surface area contributed by atoms with Crippen LogP contribution in [0.1, 0.15) is 65.2 Å². The average molecular weight is 239 g/mol. The van der Waals surface area contributed by atoms with E-state index >= 15 is 0 Å². The van der Waals surface area contributed by atoms with Crippen LogP contribution in [0, 0.1) is 11.8 Å². The second-order valence-electron chi connectivity index (χ2n) is 6.54. The van der Waals surface area contributed by atoms with Crippen LogP contribution in [0.25, 0.3) is 0 Å². The third-order valence-corrected chi connectivity index (χ3v) is 4.82. The first-order valence-electron chi connectivity index (χ1n) is 7.58. The van der Waals surface area contributed by atoms with Gasteiger partial charge in [0.25, 0.3) is 0 Å². The SMILES string of the molecule is CCCC(C)(O)CNC(C1CCC1)C1CCC1. The molecule has 2 rings (SSSR count). The Morgan fingerprint density at radius 1 is 1.18 bits per heavy atom. The van der Waals surface area contributed by atoms with Gasteiger partial charge in [-0.1, -0.05) is 26.2 Å². The molecule has 1 atom stereocenters. The van der Waals surface area contributed by atoms with Crippen molar-refractivity contribution < 1.29 is 5.11 Å². The van der Waals surface area contributed by atoms with Crippen LogP contribution in [-0.4, -0.2) is 23.3 Å². The molecular weight excluding hydrogens is 210 g/mol. The number of rotatable bonds is 7. The topological polar surface area (TPSA) is 32.3 Å². The van der Waals surface area contributed by atoms with Crippen LogP contribution in [0.2, 0.25) is 0 Å². The van der Waals surface area contributed by atoms with Crippen LogP contribution in [0.3, 0.4) is 0 Å². The summed E-state index contributed by atoms with van der Waals surface area (Å²) in [6.07, 6.45) is 10.4. The van der Waals surface area contributed by atoms with Gasteiger partial charge in [0.05, 0.1) is 5.60 Å². The van der Waals surface area contributed by atoms with Gasteiger partial charge >= 0.3 is 0 Å². The van der Waals surface area contributed by atoms with Gasteiger partial charge in [0.2, 0.25) is 0 Å². The Bertz CT molecular complexity index is 217. The summed E-state index contributed by atoms with van der Waals surface area (Å²) in [6.45, 7) is 4.89. The zero-order valence-electron chi connectivity index (χ0n) is 11.5. The molecule has 17 heavy (non-hydrogen) atoms. The van der Waals surface area contributed by atoms with Crippen LogP contribution in [0.4, 0.5) is 0 Å². The summed E-state index contributed by atoms with van der Waals surface area (Å²) in [6, 6.07) is 0.695. The van der Waals surface area contributed by atoms with Crippen LogP contribution >= 0.6 is 0 Å². The molecule has 0 aromatic rings. The number of hydrogen-bond acceptors (Lipinski definition) is 2. The zero-order chi connectivity index (χ0) is 12.3. The molecule has 2 aliphatic rings. The number of aliphatic hydroxyl groups is 1. The minimum atomic E-state index is -0.513. The summed E-state index contributed by atoms with van der Waals surface area (Å²) in [5, 5.41) is 13.9. The first-order valence-corrected chi connectivity index (χ1v) is 7.58. The minimum absolute atomic E-state index is 0.513. The van der Waals surface area contributed by atoms with Gasteiger partial charge in [0, 0.05) is 12.6 Å². The van der Waals surface area contributed by atoms with Gasteiger partial charge in [0.15, 0.2) is 0 Å². The number of nitrogens with one attached hydrogen (secondary N) is 1. The molecule has 0 heterocycles. The Morgan fingerprint density at radius 3 is 2.06 bits per heavy atom. The van der Waals surface area contributed by atoms with Crippen molar-refractivity contribution in [2.24, 2.45) is 11.8 Å². The average Bonchev–Trinajstić information content (AvgIpc) is 2.08. The zero-order valence-corrected chi connectivity index (χ0v) is 11.5. The van der Waals surface area contributed by atoms with Crippen LogP contribution in [0.5, 0.6) is 0 Å². The summed E-state index contributed by atoms with van der Waals surface area (Å²) >= 11 is 0. The largest absolute Gasteiger partial charge is 0.389 e. The van der Waals surface area contributed by atoms with Crippen molar-refractivity contribution in [3.05, 3.63) is 0 Å². The molecule has 0 aromatic carbocycles. The molecular formula is C15H29NO. The molecule has 2 saturated carbocycles. The van der Waals surface area contributed by atoms with Gasteiger partial charge in [0.1, 0.15) is 0 Å². The standard InChI is InChI=1S/C15H29NO/c1-3-10-15(2,17)11-16-14(12-6-4-7-12)13-8-5-9-13/h12-14,16-17H,3-11H2,1-2H3. The van der Waals surface area contributed by atoms with Crippen molar-refractivity contribution in [3.63, 3.8) is 0 Å². The summed E-state index contributed by atoms with van der Waals surface area (Å²) < 4.78 is 0. The highest BCUT2D eigenvalue weighted by Crippen LogP contribution is 2.40. The van der Waals surface area contributed by atoms with E-state index in [1.54, 1.807) is 0 Å². The molecule has 0 aliphatic heterocycles. The lowest BCUT2D eigenvalue weighted by molar-refractivity contribution is 0.0315. The highest BCUT2D eigenvalue weighted by molar-refractivity contribution is 4.92. The fourth-order valence-corrected chi connectivity index (χ4v) is 3.28. The van der Waals surface area contributed by atoms with Crippen molar-refractivity contribution >= 4 is 0 Å². The van der Waals surface area contributed by atoms with Crippen LogP contribution in [0.15, 0.2) is 0 Å². The molecule has 0 saturated heterocycles. The van der Waals surface area contributed by atoms with Gasteiger partial charge in [-0.2, -0.15) is 0 Å². The van der Waals surface area contributed by atoms with Gasteiger partial charge in [-0.25, -0.2) is 0 Å². The predicted molar refractivity (Wildman–Crippen MR) is 72.0 cm³/mol. The monoisotopic (exact) mass is 239 g/mol. The highest BCUT2D eigenvalue weighted by Gasteiger charge is 2.36. The summed E-state index contributed by atoms with van der Waals surface area (Å²) in [5.41, 5.74) is -0.513. The summed E-state index contributed by atoms with van der Waals surface area (Å²) in [5.74, 6) is 1.80. The van der Waals surface area contributed by atoms with Crippen molar-refractivity contribution in [1.82, 2.24) is 5.32 Å². The van der Waals surface area contributed by atoms with E-state index in [1.807, 2.05) is 6.92 Å². The second-order valence-corrected chi connectivity index (χ2v) is 6.54. The van der Waals surface area contributed by atoms with E-state index in [0.29, 0.717) is 6.04 Å². The first kappa shape index (κ1) is 13.4. The van der Waals surface area contributed by atoms with Crippen molar-refractivity contribution in [2.45, 2.75) is 76.9 Å². The smallest absolute Gasteiger partial charge is 0.0743 e. The Morgan fingerprint density at radius 2 is 1.71 bits per heavy atom. The van der Waals surface area contributed by atoms with E-state index in [-0.39, 0.29) is 0 Å². The van der Waals surface area contributed by atoms with E-state index in [1.165, 1.54) is 38.5 Å². The van der Waals surface area contributed by atoms with Crippen molar-refractivity contribution in [2.75, 3.05) is 6.54 Å². The third-order valence-electron chi connectivity index (χ3n) is 4.82. The van der Waals surface area contributed by atoms with E-state index in [0.717, 1.165) is 31.2 Å². The predicted octanol–water partition coefficient (Wildman–Crippen LogP) is 3.10. The molecule has 0 amide bonds. The molecule has 0 aromatic heterocycles. The fraction of sp³-hybridized carbons (Fsp3) is 1.00.